The molecule has 2 fully saturated rings. The number of nitrogen functional groups attached to an aromatic ring is 1. The van der Waals surface area contributed by atoms with E-state index in [0.717, 1.165) is 72.9 Å². The summed E-state index contributed by atoms with van der Waals surface area (Å²) in [5, 5.41) is 0. The van der Waals surface area contributed by atoms with Crippen LogP contribution < -0.4 is 10.6 Å². The first kappa shape index (κ1) is 22.3. The van der Waals surface area contributed by atoms with Crippen LogP contribution in [0.15, 0.2) is 72.4 Å². The maximum Gasteiger partial charge on any atom is 0.123 e. The van der Waals surface area contributed by atoms with E-state index in [1.165, 1.54) is 5.69 Å². The number of aliphatic imine (C=N–C) groups is 1. The minimum absolute atomic E-state index is 0.506. The van der Waals surface area contributed by atoms with Crippen LogP contribution in [0.25, 0.3) is 16.7 Å². The number of rotatable bonds is 6. The molecule has 174 valence electrons. The van der Waals surface area contributed by atoms with Crippen molar-refractivity contribution in [2.24, 2.45) is 4.99 Å². The van der Waals surface area contributed by atoms with Gasteiger partial charge in [-0.25, -0.2) is 4.98 Å². The predicted octanol–water partition coefficient (Wildman–Crippen LogP) is 4.64. The molecule has 0 aliphatic carbocycles. The van der Waals surface area contributed by atoms with Gasteiger partial charge >= 0.3 is 0 Å². The number of nitrogens with zero attached hydrogens (tertiary/aromatic N) is 4. The van der Waals surface area contributed by atoms with Crippen molar-refractivity contribution in [3.8, 4) is 11.1 Å². The summed E-state index contributed by atoms with van der Waals surface area (Å²) < 4.78 is 5.35. The third kappa shape index (κ3) is 4.60. The van der Waals surface area contributed by atoms with Crippen LogP contribution in [0.2, 0.25) is 0 Å². The Bertz CT molecular complexity index is 1190. The van der Waals surface area contributed by atoms with Gasteiger partial charge in [0.2, 0.25) is 0 Å². The van der Waals surface area contributed by atoms with Crippen molar-refractivity contribution in [1.29, 1.82) is 0 Å². The second-order valence-electron chi connectivity index (χ2n) is 8.83. The molecule has 2 aliphatic rings. The average Bonchev–Trinajstić information content (AvgIpc) is 2.84. The lowest BCUT2D eigenvalue weighted by Gasteiger charge is -2.43. The minimum Gasteiger partial charge on any atom is -0.384 e. The standard InChI is InChI=1S/C28H31N5O/c1-3-30-27-9-6-22(23-10-11-31-28(29)17-23)16-26(27)20(2)21-4-7-24(8-5-21)32-12-14-33(15-13-32)25-18-34-19-25/h3-11,16-17,25H,2,12-15,18-19H2,1H3,(H2,29,31). The largest absolute Gasteiger partial charge is 0.384 e. The summed E-state index contributed by atoms with van der Waals surface area (Å²) in [5.74, 6) is 0.506. The molecule has 2 aliphatic heterocycles. The number of hydrogen-bond acceptors (Lipinski definition) is 6. The molecule has 2 aromatic carbocycles. The lowest BCUT2D eigenvalue weighted by molar-refractivity contribution is -0.0660. The first-order valence-corrected chi connectivity index (χ1v) is 11.8. The van der Waals surface area contributed by atoms with E-state index in [4.69, 9.17) is 10.5 Å². The van der Waals surface area contributed by atoms with E-state index >= 15 is 0 Å². The summed E-state index contributed by atoms with van der Waals surface area (Å²) in [7, 11) is 0. The Hall–Kier alpha value is -3.48. The van der Waals surface area contributed by atoms with Crippen molar-refractivity contribution in [3.63, 3.8) is 0 Å². The van der Waals surface area contributed by atoms with E-state index in [0.29, 0.717) is 11.9 Å². The van der Waals surface area contributed by atoms with Gasteiger partial charge in [0.05, 0.1) is 24.9 Å². The topological polar surface area (TPSA) is 67.0 Å². The molecule has 2 N–H and O–H groups in total. The summed E-state index contributed by atoms with van der Waals surface area (Å²) in [4.78, 5) is 13.7. The number of piperazine rings is 1. The highest BCUT2D eigenvalue weighted by molar-refractivity contribution is 5.88. The molecule has 3 aromatic rings. The molecule has 0 atom stereocenters. The molecule has 1 aromatic heterocycles. The predicted molar refractivity (Wildman–Crippen MR) is 141 cm³/mol. The SMILES string of the molecule is C=C(c1ccc(N2CCN(C3COC3)CC2)cc1)c1cc(-c2ccnc(N)c2)ccc1N=CC. The number of anilines is 2. The third-order valence-corrected chi connectivity index (χ3v) is 6.74. The molecule has 5 rings (SSSR count). The summed E-state index contributed by atoms with van der Waals surface area (Å²) in [6.45, 7) is 12.4. The molecule has 3 heterocycles. The fourth-order valence-corrected chi connectivity index (χ4v) is 4.65. The highest BCUT2D eigenvalue weighted by Crippen LogP contribution is 2.35. The second kappa shape index (κ2) is 9.79. The molecule has 34 heavy (non-hydrogen) atoms. The number of aromatic nitrogens is 1. The molecule has 0 amide bonds. The first-order chi connectivity index (χ1) is 16.6. The molecule has 2 saturated heterocycles. The second-order valence-corrected chi connectivity index (χ2v) is 8.83. The van der Waals surface area contributed by atoms with Crippen LogP contribution in [0, 0.1) is 0 Å². The molecule has 0 spiro atoms. The maximum atomic E-state index is 5.91. The fourth-order valence-electron chi connectivity index (χ4n) is 4.65. The summed E-state index contributed by atoms with van der Waals surface area (Å²) in [6, 6.07) is 19.5. The summed E-state index contributed by atoms with van der Waals surface area (Å²) >= 11 is 0. The van der Waals surface area contributed by atoms with Crippen LogP contribution >= 0.6 is 0 Å². The van der Waals surface area contributed by atoms with Gasteiger partial charge in [-0.05, 0) is 65.6 Å². The number of nitrogens with two attached hydrogens (primary N) is 1. The van der Waals surface area contributed by atoms with Gasteiger partial charge in [-0.3, -0.25) is 9.89 Å². The Labute approximate surface area is 201 Å². The van der Waals surface area contributed by atoms with Gasteiger partial charge in [0, 0.05) is 49.8 Å². The highest BCUT2D eigenvalue weighted by Gasteiger charge is 2.28. The molecular weight excluding hydrogens is 422 g/mol. The van der Waals surface area contributed by atoms with E-state index in [2.05, 4.69) is 62.8 Å². The van der Waals surface area contributed by atoms with Gasteiger partial charge in [0.25, 0.3) is 0 Å². The Kier molecular flexibility index (Phi) is 6.43. The molecular formula is C28H31N5O. The molecule has 0 unspecified atom stereocenters. The lowest BCUT2D eigenvalue weighted by Crippen LogP contribution is -2.56. The normalized spacial score (nSPS) is 17.1. The maximum absolute atomic E-state index is 5.91. The summed E-state index contributed by atoms with van der Waals surface area (Å²) in [5.41, 5.74) is 13.2. The zero-order valence-electron chi connectivity index (χ0n) is 19.7. The lowest BCUT2D eigenvalue weighted by atomic mass is 9.94. The van der Waals surface area contributed by atoms with Gasteiger partial charge in [-0.2, -0.15) is 0 Å². The number of ether oxygens (including phenoxy) is 1. The van der Waals surface area contributed by atoms with E-state index in [-0.39, 0.29) is 0 Å². The number of pyridine rings is 1. The average molecular weight is 454 g/mol. The molecule has 0 radical (unpaired) electrons. The Balaban J connectivity index is 1.35. The molecule has 6 heteroatoms. The molecule has 6 nitrogen and oxygen atoms in total. The van der Waals surface area contributed by atoms with Crippen molar-refractivity contribution >= 4 is 29.0 Å². The van der Waals surface area contributed by atoms with Crippen molar-refractivity contribution in [3.05, 3.63) is 78.5 Å². The van der Waals surface area contributed by atoms with Crippen molar-refractivity contribution in [2.45, 2.75) is 13.0 Å². The smallest absolute Gasteiger partial charge is 0.123 e. The van der Waals surface area contributed by atoms with Crippen LogP contribution in [0.5, 0.6) is 0 Å². The quantitative estimate of drug-likeness (QED) is 0.551. The van der Waals surface area contributed by atoms with Gasteiger partial charge in [-0.1, -0.05) is 24.8 Å². The Morgan fingerprint density at radius 2 is 1.76 bits per heavy atom. The Morgan fingerprint density at radius 3 is 2.41 bits per heavy atom. The number of benzene rings is 2. The summed E-state index contributed by atoms with van der Waals surface area (Å²) in [6.07, 6.45) is 3.55. The number of hydrogen-bond donors (Lipinski definition) is 1. The highest BCUT2D eigenvalue weighted by atomic mass is 16.5. The van der Waals surface area contributed by atoms with E-state index < -0.39 is 0 Å². The van der Waals surface area contributed by atoms with Crippen molar-refractivity contribution in [2.75, 3.05) is 50.0 Å². The van der Waals surface area contributed by atoms with Crippen LogP contribution in [0.4, 0.5) is 17.2 Å². The minimum atomic E-state index is 0.506. The van der Waals surface area contributed by atoms with Gasteiger partial charge < -0.3 is 15.4 Å². The van der Waals surface area contributed by atoms with E-state index in [9.17, 15) is 0 Å². The van der Waals surface area contributed by atoms with E-state index in [1.54, 1.807) is 6.20 Å². The van der Waals surface area contributed by atoms with E-state index in [1.807, 2.05) is 31.3 Å². The van der Waals surface area contributed by atoms with Crippen molar-refractivity contribution in [1.82, 2.24) is 9.88 Å². The molecule has 0 bridgehead atoms. The van der Waals surface area contributed by atoms with Crippen LogP contribution in [0.3, 0.4) is 0 Å². The van der Waals surface area contributed by atoms with Crippen LogP contribution in [-0.4, -0.2) is 61.5 Å². The van der Waals surface area contributed by atoms with Gasteiger partial charge in [0.15, 0.2) is 0 Å². The van der Waals surface area contributed by atoms with Crippen molar-refractivity contribution < 1.29 is 4.74 Å². The fraction of sp³-hybridized carbons (Fsp3) is 0.286. The van der Waals surface area contributed by atoms with Gasteiger partial charge in [-0.15, -0.1) is 0 Å². The monoisotopic (exact) mass is 453 g/mol. The Morgan fingerprint density at radius 1 is 1.03 bits per heavy atom. The molecule has 0 saturated carbocycles. The zero-order chi connectivity index (χ0) is 23.5. The third-order valence-electron chi connectivity index (χ3n) is 6.74. The van der Waals surface area contributed by atoms with Crippen LogP contribution in [0.1, 0.15) is 18.1 Å². The zero-order valence-corrected chi connectivity index (χ0v) is 19.7. The van der Waals surface area contributed by atoms with Crippen LogP contribution in [-0.2, 0) is 4.74 Å². The van der Waals surface area contributed by atoms with Gasteiger partial charge in [0.1, 0.15) is 5.82 Å². The first-order valence-electron chi connectivity index (χ1n) is 11.8.